The average Bonchev–Trinajstić information content (AvgIpc) is 3.29. The Labute approximate surface area is 156 Å². The molecule has 1 aliphatic rings. The lowest BCUT2D eigenvalue weighted by Crippen LogP contribution is -2.29. The van der Waals surface area contributed by atoms with Crippen molar-refractivity contribution in [1.29, 1.82) is 0 Å². The number of nitrogens with one attached hydrogen (secondary N) is 3. The quantitative estimate of drug-likeness (QED) is 0.634. The van der Waals surface area contributed by atoms with Gasteiger partial charge in [-0.25, -0.2) is 0 Å². The fraction of sp³-hybridized carbons (Fsp3) is 0.0625. The van der Waals surface area contributed by atoms with E-state index in [4.69, 9.17) is 0 Å². The summed E-state index contributed by atoms with van der Waals surface area (Å²) in [5.74, 6) is -0.249. The summed E-state index contributed by atoms with van der Waals surface area (Å²) in [6, 6.07) is 6.82. The molecule has 10 heteroatoms. The molecule has 3 aromatic heterocycles. The van der Waals surface area contributed by atoms with Crippen molar-refractivity contribution in [2.45, 2.75) is 10.3 Å². The van der Waals surface area contributed by atoms with Crippen LogP contribution in [-0.2, 0) is 4.79 Å². The number of rotatable bonds is 4. The molecule has 0 aromatic carbocycles. The molecule has 0 saturated carbocycles. The van der Waals surface area contributed by atoms with Gasteiger partial charge in [0.2, 0.25) is 0 Å². The zero-order chi connectivity index (χ0) is 17.9. The summed E-state index contributed by atoms with van der Waals surface area (Å²) in [5.41, 5.74) is 1.20. The molecule has 0 bridgehead atoms. The van der Waals surface area contributed by atoms with Gasteiger partial charge in [0.1, 0.15) is 5.00 Å². The van der Waals surface area contributed by atoms with E-state index in [0.29, 0.717) is 16.4 Å². The van der Waals surface area contributed by atoms with E-state index in [2.05, 4.69) is 31.1 Å². The maximum atomic E-state index is 12.6. The molecule has 0 radical (unpaired) electrons. The lowest BCUT2D eigenvalue weighted by atomic mass is 10.3. The number of amides is 2. The van der Waals surface area contributed by atoms with E-state index in [1.165, 1.54) is 29.3 Å². The molecule has 26 heavy (non-hydrogen) atoms. The summed E-state index contributed by atoms with van der Waals surface area (Å²) in [4.78, 5) is 30.0. The van der Waals surface area contributed by atoms with Crippen molar-refractivity contribution in [1.82, 2.24) is 15.2 Å². The van der Waals surface area contributed by atoms with Crippen LogP contribution >= 0.6 is 23.1 Å². The van der Waals surface area contributed by atoms with Crippen LogP contribution in [0, 0.1) is 0 Å². The molecule has 2 amide bonds. The molecule has 0 aliphatic carbocycles. The number of hydrogen-bond acceptors (Lipinski definition) is 8. The van der Waals surface area contributed by atoms with Crippen LogP contribution in [0.4, 0.5) is 16.5 Å². The zero-order valence-corrected chi connectivity index (χ0v) is 14.8. The Balaban J connectivity index is 1.44. The normalized spacial score (nSPS) is 15.0. The van der Waals surface area contributed by atoms with Gasteiger partial charge in [-0.1, -0.05) is 11.8 Å². The standard InChI is InChI=1S/C16H12N6O2S2/c23-13(20-12-2-1-5-18-22-12)9-4-7-25-15(9)21-14(24)16-19-10-8-17-6-3-11(10)26-16/h1-8,16,19H,(H,21,24)(H,20,22,23). The Morgan fingerprint density at radius 2 is 2.08 bits per heavy atom. The molecular formula is C16H12N6O2S2. The van der Waals surface area contributed by atoms with Crippen molar-refractivity contribution in [3.63, 3.8) is 0 Å². The van der Waals surface area contributed by atoms with Crippen molar-refractivity contribution in [2.24, 2.45) is 0 Å². The number of nitrogens with zero attached hydrogens (tertiary/aromatic N) is 3. The van der Waals surface area contributed by atoms with Gasteiger partial charge in [0.25, 0.3) is 11.8 Å². The molecule has 1 aliphatic heterocycles. The number of carbonyl (C=O) groups is 2. The van der Waals surface area contributed by atoms with Crippen molar-refractivity contribution in [3.8, 4) is 0 Å². The topological polar surface area (TPSA) is 109 Å². The van der Waals surface area contributed by atoms with E-state index >= 15 is 0 Å². The van der Waals surface area contributed by atoms with Crippen LogP contribution in [0.25, 0.3) is 0 Å². The second-order valence-corrected chi connectivity index (χ2v) is 7.29. The van der Waals surface area contributed by atoms with Crippen LogP contribution in [0.3, 0.4) is 0 Å². The summed E-state index contributed by atoms with van der Waals surface area (Å²) < 4.78 is 0. The smallest absolute Gasteiger partial charge is 0.259 e. The van der Waals surface area contributed by atoms with Crippen LogP contribution in [-0.4, -0.2) is 32.4 Å². The first-order valence-electron chi connectivity index (χ1n) is 7.55. The minimum absolute atomic E-state index is 0.234. The summed E-state index contributed by atoms with van der Waals surface area (Å²) >= 11 is 2.69. The number of fused-ring (bicyclic) bond motifs is 1. The number of carbonyl (C=O) groups excluding carboxylic acids is 2. The lowest BCUT2D eigenvalue weighted by molar-refractivity contribution is -0.115. The lowest BCUT2D eigenvalue weighted by Gasteiger charge is -2.11. The van der Waals surface area contributed by atoms with E-state index in [1.54, 1.807) is 36.0 Å². The summed E-state index contributed by atoms with van der Waals surface area (Å²) in [7, 11) is 0. The first-order valence-corrected chi connectivity index (χ1v) is 9.31. The van der Waals surface area contributed by atoms with E-state index in [9.17, 15) is 9.59 Å². The minimum atomic E-state index is -0.479. The first kappa shape index (κ1) is 16.5. The second kappa shape index (κ2) is 7.10. The van der Waals surface area contributed by atoms with Crippen molar-refractivity contribution >= 4 is 51.4 Å². The Morgan fingerprint density at radius 3 is 2.88 bits per heavy atom. The minimum Gasteiger partial charge on any atom is -0.363 e. The zero-order valence-electron chi connectivity index (χ0n) is 13.2. The maximum Gasteiger partial charge on any atom is 0.259 e. The number of hydrogen-bond donors (Lipinski definition) is 3. The predicted molar refractivity (Wildman–Crippen MR) is 100 cm³/mol. The van der Waals surface area contributed by atoms with E-state index < -0.39 is 5.37 Å². The second-order valence-electron chi connectivity index (χ2n) is 5.23. The van der Waals surface area contributed by atoms with E-state index in [0.717, 1.165) is 10.6 Å². The van der Waals surface area contributed by atoms with Crippen LogP contribution in [0.5, 0.6) is 0 Å². The molecule has 1 atom stereocenters. The highest BCUT2D eigenvalue weighted by atomic mass is 32.2. The fourth-order valence-electron chi connectivity index (χ4n) is 2.32. The predicted octanol–water partition coefficient (Wildman–Crippen LogP) is 2.67. The van der Waals surface area contributed by atoms with Crippen LogP contribution in [0.2, 0.25) is 0 Å². The van der Waals surface area contributed by atoms with Crippen molar-refractivity contribution in [3.05, 3.63) is 53.8 Å². The summed E-state index contributed by atoms with van der Waals surface area (Å²) in [5, 5.41) is 17.9. The molecule has 8 nitrogen and oxygen atoms in total. The summed E-state index contributed by atoms with van der Waals surface area (Å²) in [6.07, 6.45) is 4.88. The average molecular weight is 384 g/mol. The number of thioether (sulfide) groups is 1. The third-order valence-corrected chi connectivity index (χ3v) is 5.52. The Bertz CT molecular complexity index is 937. The number of anilines is 3. The van der Waals surface area contributed by atoms with Gasteiger partial charge in [0.05, 0.1) is 17.4 Å². The van der Waals surface area contributed by atoms with Gasteiger partial charge in [-0.15, -0.1) is 16.4 Å². The Kier molecular flexibility index (Phi) is 4.50. The fourth-order valence-corrected chi connectivity index (χ4v) is 4.10. The number of thiophene rings is 1. The molecule has 1 unspecified atom stereocenters. The van der Waals surface area contributed by atoms with Gasteiger partial charge in [0.15, 0.2) is 11.2 Å². The SMILES string of the molecule is O=C(Nc1cccnn1)c1ccsc1NC(=O)C1Nc2cnccc2S1. The van der Waals surface area contributed by atoms with Crippen LogP contribution < -0.4 is 16.0 Å². The van der Waals surface area contributed by atoms with Gasteiger partial charge in [-0.05, 0) is 29.6 Å². The van der Waals surface area contributed by atoms with Crippen molar-refractivity contribution in [2.75, 3.05) is 16.0 Å². The highest BCUT2D eigenvalue weighted by molar-refractivity contribution is 8.01. The van der Waals surface area contributed by atoms with Crippen LogP contribution in [0.15, 0.2) is 53.1 Å². The van der Waals surface area contributed by atoms with Gasteiger partial charge >= 0.3 is 0 Å². The molecular weight excluding hydrogens is 372 g/mol. The highest BCUT2D eigenvalue weighted by Gasteiger charge is 2.28. The maximum absolute atomic E-state index is 12.6. The van der Waals surface area contributed by atoms with Crippen LogP contribution in [0.1, 0.15) is 10.4 Å². The Hall–Kier alpha value is -2.98. The highest BCUT2D eigenvalue weighted by Crippen LogP contribution is 2.38. The van der Waals surface area contributed by atoms with Gasteiger partial charge in [-0.3, -0.25) is 14.6 Å². The van der Waals surface area contributed by atoms with E-state index in [1.807, 2.05) is 6.07 Å². The van der Waals surface area contributed by atoms with Gasteiger partial charge in [0, 0.05) is 17.3 Å². The third-order valence-electron chi connectivity index (χ3n) is 3.51. The molecule has 4 rings (SSSR count). The molecule has 0 fully saturated rings. The molecule has 0 saturated heterocycles. The van der Waals surface area contributed by atoms with E-state index in [-0.39, 0.29) is 11.8 Å². The number of pyridine rings is 1. The largest absolute Gasteiger partial charge is 0.363 e. The monoisotopic (exact) mass is 384 g/mol. The number of aromatic nitrogens is 3. The molecule has 130 valence electrons. The van der Waals surface area contributed by atoms with Crippen molar-refractivity contribution < 1.29 is 9.59 Å². The third kappa shape index (κ3) is 3.37. The molecule has 3 aromatic rings. The van der Waals surface area contributed by atoms with Gasteiger partial charge in [-0.2, -0.15) is 5.10 Å². The first-order chi connectivity index (χ1) is 12.7. The van der Waals surface area contributed by atoms with Gasteiger partial charge < -0.3 is 16.0 Å². The Morgan fingerprint density at radius 1 is 1.15 bits per heavy atom. The molecule has 0 spiro atoms. The molecule has 3 N–H and O–H groups in total. The summed E-state index contributed by atoms with van der Waals surface area (Å²) in [6.45, 7) is 0. The molecule has 4 heterocycles.